The lowest BCUT2D eigenvalue weighted by molar-refractivity contribution is -0.167. The number of ether oxygens (including phenoxy) is 3. The van der Waals surface area contributed by atoms with E-state index in [-0.39, 0.29) is 31.1 Å². The van der Waals surface area contributed by atoms with E-state index < -0.39 is 6.10 Å². The van der Waals surface area contributed by atoms with Crippen molar-refractivity contribution in [2.24, 2.45) is 0 Å². The van der Waals surface area contributed by atoms with Gasteiger partial charge in [0.2, 0.25) is 0 Å². The monoisotopic (exact) mass is 897 g/mol. The molecule has 0 saturated heterocycles. The zero-order valence-electron chi connectivity index (χ0n) is 42.6. The highest BCUT2D eigenvalue weighted by Gasteiger charge is 2.19. The van der Waals surface area contributed by atoms with Crippen LogP contribution in [0.4, 0.5) is 0 Å². The predicted molar refractivity (Wildman–Crippen MR) is 275 cm³/mol. The molecule has 372 valence electrons. The molecule has 0 radical (unpaired) electrons. The second-order valence-corrected chi connectivity index (χ2v) is 18.5. The van der Waals surface area contributed by atoms with Gasteiger partial charge in [0, 0.05) is 19.3 Å². The van der Waals surface area contributed by atoms with Gasteiger partial charge in [0.1, 0.15) is 13.2 Å². The number of rotatable bonds is 50. The topological polar surface area (TPSA) is 78.9 Å². The minimum Gasteiger partial charge on any atom is -0.462 e. The number of esters is 3. The molecule has 0 aromatic rings. The van der Waals surface area contributed by atoms with E-state index >= 15 is 0 Å². The first-order chi connectivity index (χ1) is 31.5. The molecule has 0 fully saturated rings. The third kappa shape index (κ3) is 50.4. The van der Waals surface area contributed by atoms with Crippen LogP contribution in [0.1, 0.15) is 284 Å². The second kappa shape index (κ2) is 53.0. The van der Waals surface area contributed by atoms with E-state index in [2.05, 4.69) is 69.4 Å². The van der Waals surface area contributed by atoms with Crippen LogP contribution in [0, 0.1) is 0 Å². The summed E-state index contributed by atoms with van der Waals surface area (Å²) in [4.78, 5) is 37.7. The van der Waals surface area contributed by atoms with Crippen molar-refractivity contribution in [2.45, 2.75) is 290 Å². The van der Waals surface area contributed by atoms with Gasteiger partial charge in [0.15, 0.2) is 6.10 Å². The van der Waals surface area contributed by atoms with Gasteiger partial charge in [-0.1, -0.05) is 230 Å². The van der Waals surface area contributed by atoms with Crippen LogP contribution in [0.5, 0.6) is 0 Å². The molecule has 1 unspecified atom stereocenters. The summed E-state index contributed by atoms with van der Waals surface area (Å²) < 4.78 is 16.7. The maximum Gasteiger partial charge on any atom is 0.306 e. The van der Waals surface area contributed by atoms with E-state index in [1.807, 2.05) is 0 Å². The molecule has 0 aliphatic heterocycles. The van der Waals surface area contributed by atoms with Gasteiger partial charge in [-0.05, 0) is 83.5 Å². The third-order valence-corrected chi connectivity index (χ3v) is 12.1. The van der Waals surface area contributed by atoms with Crippen LogP contribution in [0.25, 0.3) is 0 Å². The highest BCUT2D eigenvalue weighted by atomic mass is 16.6. The standard InChI is InChI=1S/C58H104O6/c1-4-7-10-13-15-17-19-21-23-25-26-27-28-29-30-31-32-33-35-36-38-40-42-45-48-51-57(60)63-54-55(53-62-56(59)50-47-44-12-9-6-3)64-58(61)52-49-46-43-41-39-37-34-24-22-20-18-16-14-11-8-5-2/h18-21,24-26,34,55H,4-17,22-23,27-33,35-54H2,1-3H3/b20-18-,21-19-,26-25-,34-24-. The molecule has 0 aliphatic carbocycles. The molecular weight excluding hydrogens is 793 g/mol. The zero-order chi connectivity index (χ0) is 46.5. The normalized spacial score (nSPS) is 12.4. The maximum absolute atomic E-state index is 12.7. The number of hydrogen-bond acceptors (Lipinski definition) is 6. The fraction of sp³-hybridized carbons (Fsp3) is 0.810. The second-order valence-electron chi connectivity index (χ2n) is 18.5. The average molecular weight is 897 g/mol. The summed E-state index contributed by atoms with van der Waals surface area (Å²) in [5.41, 5.74) is 0. The molecule has 0 heterocycles. The molecule has 0 amide bonds. The Hall–Kier alpha value is -2.63. The molecule has 0 saturated carbocycles. The van der Waals surface area contributed by atoms with Gasteiger partial charge in [-0.2, -0.15) is 0 Å². The van der Waals surface area contributed by atoms with Crippen molar-refractivity contribution in [1.82, 2.24) is 0 Å². The number of hydrogen-bond donors (Lipinski definition) is 0. The summed E-state index contributed by atoms with van der Waals surface area (Å²) in [6, 6.07) is 0. The first kappa shape index (κ1) is 61.4. The van der Waals surface area contributed by atoms with E-state index in [1.54, 1.807) is 0 Å². The predicted octanol–water partition coefficient (Wildman–Crippen LogP) is 18.3. The SMILES string of the molecule is CCCCCC/C=C\C/C=C\CCCCCCCC(=O)OC(COC(=O)CCCCCCC)COC(=O)CCCCCCCCCCCCCCC/C=C\C/C=C\CCCCCCC. The Morgan fingerprint density at radius 1 is 0.312 bits per heavy atom. The van der Waals surface area contributed by atoms with Gasteiger partial charge in [0.25, 0.3) is 0 Å². The van der Waals surface area contributed by atoms with E-state index in [1.165, 1.54) is 148 Å². The fourth-order valence-corrected chi connectivity index (χ4v) is 7.86. The van der Waals surface area contributed by atoms with Crippen LogP contribution in [0.3, 0.4) is 0 Å². The summed E-state index contributed by atoms with van der Waals surface area (Å²) in [5, 5.41) is 0. The smallest absolute Gasteiger partial charge is 0.306 e. The number of carbonyl (C=O) groups excluding carboxylic acids is 3. The van der Waals surface area contributed by atoms with Gasteiger partial charge in [-0.25, -0.2) is 0 Å². The Morgan fingerprint density at radius 3 is 0.875 bits per heavy atom. The molecule has 0 aromatic heterocycles. The fourth-order valence-electron chi connectivity index (χ4n) is 7.86. The summed E-state index contributed by atoms with van der Waals surface area (Å²) in [6.07, 6.45) is 64.3. The van der Waals surface area contributed by atoms with E-state index in [0.29, 0.717) is 19.3 Å². The van der Waals surface area contributed by atoms with Gasteiger partial charge in [-0.3, -0.25) is 14.4 Å². The zero-order valence-corrected chi connectivity index (χ0v) is 42.6. The van der Waals surface area contributed by atoms with Gasteiger partial charge in [0.05, 0.1) is 0 Å². The van der Waals surface area contributed by atoms with Crippen LogP contribution in [0.2, 0.25) is 0 Å². The van der Waals surface area contributed by atoms with Crippen molar-refractivity contribution in [3.8, 4) is 0 Å². The third-order valence-electron chi connectivity index (χ3n) is 12.1. The van der Waals surface area contributed by atoms with Crippen LogP contribution in [-0.2, 0) is 28.6 Å². The van der Waals surface area contributed by atoms with Gasteiger partial charge >= 0.3 is 17.9 Å². The summed E-state index contributed by atoms with van der Waals surface area (Å²) >= 11 is 0. The van der Waals surface area contributed by atoms with E-state index in [9.17, 15) is 14.4 Å². The van der Waals surface area contributed by atoms with E-state index in [0.717, 1.165) is 96.3 Å². The summed E-state index contributed by atoms with van der Waals surface area (Å²) in [7, 11) is 0. The van der Waals surface area contributed by atoms with Gasteiger partial charge < -0.3 is 14.2 Å². The lowest BCUT2D eigenvalue weighted by Gasteiger charge is -2.18. The molecule has 0 spiro atoms. The molecule has 0 aliphatic rings. The maximum atomic E-state index is 12.7. The molecule has 0 aromatic carbocycles. The number of unbranched alkanes of at least 4 members (excludes halogenated alkanes) is 31. The Morgan fingerprint density at radius 2 is 0.562 bits per heavy atom. The number of carbonyl (C=O) groups is 3. The molecule has 0 rings (SSSR count). The molecule has 0 bridgehead atoms. The molecule has 6 nitrogen and oxygen atoms in total. The average Bonchev–Trinajstić information content (AvgIpc) is 3.29. The largest absolute Gasteiger partial charge is 0.462 e. The van der Waals surface area contributed by atoms with Crippen LogP contribution in [-0.4, -0.2) is 37.2 Å². The molecule has 0 N–H and O–H groups in total. The molecule has 6 heteroatoms. The van der Waals surface area contributed by atoms with Crippen LogP contribution < -0.4 is 0 Å². The Balaban J connectivity index is 4.08. The van der Waals surface area contributed by atoms with Crippen molar-refractivity contribution in [3.63, 3.8) is 0 Å². The lowest BCUT2D eigenvalue weighted by atomic mass is 10.0. The van der Waals surface area contributed by atoms with Crippen molar-refractivity contribution in [2.75, 3.05) is 13.2 Å². The summed E-state index contributed by atoms with van der Waals surface area (Å²) in [6.45, 7) is 6.53. The molecule has 64 heavy (non-hydrogen) atoms. The van der Waals surface area contributed by atoms with Crippen molar-refractivity contribution < 1.29 is 28.6 Å². The number of allylic oxidation sites excluding steroid dienone is 8. The minimum atomic E-state index is -0.775. The quantitative estimate of drug-likeness (QED) is 0.0262. The first-order valence-electron chi connectivity index (χ1n) is 27.6. The lowest BCUT2D eigenvalue weighted by Crippen LogP contribution is -2.30. The Labute approximate surface area is 397 Å². The highest BCUT2D eigenvalue weighted by Crippen LogP contribution is 2.15. The van der Waals surface area contributed by atoms with Crippen molar-refractivity contribution in [1.29, 1.82) is 0 Å². The Bertz CT molecular complexity index is 1120. The summed E-state index contributed by atoms with van der Waals surface area (Å²) in [5.74, 6) is -0.898. The molecular formula is C58H104O6. The first-order valence-corrected chi connectivity index (χ1v) is 27.6. The van der Waals surface area contributed by atoms with Crippen LogP contribution in [0.15, 0.2) is 48.6 Å². The van der Waals surface area contributed by atoms with Gasteiger partial charge in [-0.15, -0.1) is 0 Å². The minimum absolute atomic E-state index is 0.0780. The molecule has 1 atom stereocenters. The van der Waals surface area contributed by atoms with Crippen molar-refractivity contribution >= 4 is 17.9 Å². The van der Waals surface area contributed by atoms with Crippen LogP contribution >= 0.6 is 0 Å². The highest BCUT2D eigenvalue weighted by molar-refractivity contribution is 5.71. The van der Waals surface area contributed by atoms with Crippen molar-refractivity contribution in [3.05, 3.63) is 48.6 Å². The Kier molecular flexibility index (Phi) is 50.8. The van der Waals surface area contributed by atoms with E-state index in [4.69, 9.17) is 14.2 Å².